The van der Waals surface area contributed by atoms with Crippen LogP contribution in [0.4, 0.5) is 10.5 Å². The molecule has 1 aromatic carbocycles. The highest BCUT2D eigenvalue weighted by atomic mass is 16.5. The number of hydrogen-bond acceptors (Lipinski definition) is 6. The first-order chi connectivity index (χ1) is 17.1. The summed E-state index contributed by atoms with van der Waals surface area (Å²) in [6.07, 6.45) is 2.60. The van der Waals surface area contributed by atoms with Gasteiger partial charge in [0.2, 0.25) is 17.7 Å². The first kappa shape index (κ1) is 30.6. The van der Waals surface area contributed by atoms with Crippen molar-refractivity contribution in [1.82, 2.24) is 16.0 Å². The van der Waals surface area contributed by atoms with E-state index < -0.39 is 29.9 Å². The SMILES string of the molecule is COCC(=Cc1ccc(NC(=O)[C@H](CCCNC(N)=O)NC(=O)[C@@H](NC(C)=O)C(C)C)cc1)COC. The Morgan fingerprint density at radius 3 is 2.08 bits per heavy atom. The molecule has 0 fully saturated rings. The van der Waals surface area contributed by atoms with E-state index in [1.165, 1.54) is 6.92 Å². The molecule has 1 aromatic rings. The highest BCUT2D eigenvalue weighted by Gasteiger charge is 2.28. The highest BCUT2D eigenvalue weighted by molar-refractivity contribution is 5.98. The second kappa shape index (κ2) is 16.3. The number of carbonyl (C=O) groups is 4. The Balaban J connectivity index is 2.96. The lowest BCUT2D eigenvalue weighted by molar-refractivity contribution is -0.131. The minimum Gasteiger partial charge on any atom is -0.380 e. The van der Waals surface area contributed by atoms with Gasteiger partial charge in [0.15, 0.2) is 0 Å². The molecule has 5 amide bonds. The first-order valence-corrected chi connectivity index (χ1v) is 11.8. The number of amides is 5. The molecule has 0 spiro atoms. The lowest BCUT2D eigenvalue weighted by Gasteiger charge is -2.25. The quantitative estimate of drug-likeness (QED) is 0.226. The Bertz CT molecular complexity index is 893. The fourth-order valence-corrected chi connectivity index (χ4v) is 3.43. The summed E-state index contributed by atoms with van der Waals surface area (Å²) in [5, 5.41) is 10.6. The van der Waals surface area contributed by atoms with Crippen LogP contribution in [0.2, 0.25) is 0 Å². The molecule has 6 N–H and O–H groups in total. The van der Waals surface area contributed by atoms with Crippen LogP contribution in [0.25, 0.3) is 6.08 Å². The van der Waals surface area contributed by atoms with Gasteiger partial charge in [-0.1, -0.05) is 32.1 Å². The van der Waals surface area contributed by atoms with E-state index >= 15 is 0 Å². The largest absolute Gasteiger partial charge is 0.380 e. The standard InChI is InChI=1S/C25H39N5O6/c1-16(2)22(28-17(3)31)24(33)30-21(7-6-12-27-25(26)34)23(32)29-20-10-8-18(9-11-20)13-19(14-35-4)15-36-5/h8-11,13,16,21-22H,6-7,12,14-15H2,1-5H3,(H,28,31)(H,29,32)(H,30,33)(H3,26,27,34)/t21-,22-/m0/s1. The minimum absolute atomic E-state index is 0.184. The number of urea groups is 1. The summed E-state index contributed by atoms with van der Waals surface area (Å²) in [7, 11) is 3.22. The van der Waals surface area contributed by atoms with E-state index in [1.54, 1.807) is 40.2 Å². The topological polar surface area (TPSA) is 161 Å². The molecule has 0 radical (unpaired) electrons. The molecule has 0 aliphatic rings. The average molecular weight is 506 g/mol. The van der Waals surface area contributed by atoms with Crippen molar-refractivity contribution in [1.29, 1.82) is 0 Å². The summed E-state index contributed by atoms with van der Waals surface area (Å²) in [5.41, 5.74) is 7.51. The van der Waals surface area contributed by atoms with Gasteiger partial charge in [-0.3, -0.25) is 14.4 Å². The van der Waals surface area contributed by atoms with Gasteiger partial charge in [-0.25, -0.2) is 4.79 Å². The van der Waals surface area contributed by atoms with Crippen LogP contribution >= 0.6 is 0 Å². The van der Waals surface area contributed by atoms with E-state index in [1.807, 2.05) is 18.2 Å². The molecule has 200 valence electrons. The van der Waals surface area contributed by atoms with Gasteiger partial charge in [0, 0.05) is 33.4 Å². The highest BCUT2D eigenvalue weighted by Crippen LogP contribution is 2.14. The molecule has 0 aromatic heterocycles. The third kappa shape index (κ3) is 11.8. The van der Waals surface area contributed by atoms with Gasteiger partial charge < -0.3 is 36.5 Å². The molecular weight excluding hydrogens is 466 g/mol. The fraction of sp³-hybridized carbons (Fsp3) is 0.520. The molecule has 2 atom stereocenters. The Morgan fingerprint density at radius 1 is 0.972 bits per heavy atom. The van der Waals surface area contributed by atoms with Gasteiger partial charge in [-0.15, -0.1) is 0 Å². The van der Waals surface area contributed by atoms with Crippen LogP contribution < -0.4 is 27.0 Å². The van der Waals surface area contributed by atoms with Crippen molar-refractivity contribution >= 4 is 35.5 Å². The van der Waals surface area contributed by atoms with Crippen molar-refractivity contribution in [3.05, 3.63) is 35.4 Å². The van der Waals surface area contributed by atoms with Crippen LogP contribution in [0, 0.1) is 5.92 Å². The van der Waals surface area contributed by atoms with Crippen LogP contribution in [-0.4, -0.2) is 69.8 Å². The predicted molar refractivity (Wildman–Crippen MR) is 138 cm³/mol. The van der Waals surface area contributed by atoms with Gasteiger partial charge in [-0.2, -0.15) is 0 Å². The van der Waals surface area contributed by atoms with Crippen molar-refractivity contribution in [3.8, 4) is 0 Å². The molecule has 1 rings (SSSR count). The molecule has 36 heavy (non-hydrogen) atoms. The molecular formula is C25H39N5O6. The summed E-state index contributed by atoms with van der Waals surface area (Å²) < 4.78 is 10.4. The number of hydrogen-bond donors (Lipinski definition) is 5. The van der Waals surface area contributed by atoms with E-state index in [0.29, 0.717) is 25.3 Å². The predicted octanol–water partition coefficient (Wildman–Crippen LogP) is 1.40. The van der Waals surface area contributed by atoms with Gasteiger partial charge in [0.25, 0.3) is 0 Å². The van der Waals surface area contributed by atoms with Crippen LogP contribution in [0.3, 0.4) is 0 Å². The fourth-order valence-electron chi connectivity index (χ4n) is 3.43. The Hall–Kier alpha value is -3.44. The van der Waals surface area contributed by atoms with Crippen molar-refractivity contribution < 1.29 is 28.7 Å². The number of rotatable bonds is 15. The van der Waals surface area contributed by atoms with E-state index in [0.717, 1.165) is 11.1 Å². The van der Waals surface area contributed by atoms with Crippen molar-refractivity contribution in [3.63, 3.8) is 0 Å². The van der Waals surface area contributed by atoms with Crippen molar-refractivity contribution in [2.45, 2.75) is 45.7 Å². The Labute approximate surface area is 212 Å². The maximum Gasteiger partial charge on any atom is 0.312 e. The normalized spacial score (nSPS) is 12.3. The number of nitrogens with two attached hydrogens (primary N) is 1. The number of anilines is 1. The number of methoxy groups -OCH3 is 2. The summed E-state index contributed by atoms with van der Waals surface area (Å²) >= 11 is 0. The molecule has 0 bridgehead atoms. The van der Waals surface area contributed by atoms with Crippen LogP contribution in [0.1, 0.15) is 39.2 Å². The zero-order valence-electron chi connectivity index (χ0n) is 21.7. The lowest BCUT2D eigenvalue weighted by Crippen LogP contribution is -2.54. The molecule has 0 unspecified atom stereocenters. The summed E-state index contributed by atoms with van der Waals surface area (Å²) in [4.78, 5) is 48.4. The molecule has 11 nitrogen and oxygen atoms in total. The monoisotopic (exact) mass is 505 g/mol. The van der Waals surface area contributed by atoms with E-state index in [-0.39, 0.29) is 24.8 Å². The van der Waals surface area contributed by atoms with E-state index in [2.05, 4.69) is 21.3 Å². The second-order valence-corrected chi connectivity index (χ2v) is 8.70. The second-order valence-electron chi connectivity index (χ2n) is 8.70. The van der Waals surface area contributed by atoms with Crippen LogP contribution in [-0.2, 0) is 23.9 Å². The molecule has 0 aliphatic carbocycles. The molecule has 0 heterocycles. The molecule has 0 aliphatic heterocycles. The summed E-state index contributed by atoms with van der Waals surface area (Å²) in [6, 6.07) is 4.84. The number of carbonyl (C=O) groups excluding carboxylic acids is 4. The minimum atomic E-state index is -0.892. The number of benzene rings is 1. The van der Waals surface area contributed by atoms with Gasteiger partial charge in [0.05, 0.1) is 13.2 Å². The first-order valence-electron chi connectivity index (χ1n) is 11.8. The van der Waals surface area contributed by atoms with Crippen LogP contribution in [0.15, 0.2) is 29.8 Å². The van der Waals surface area contributed by atoms with E-state index in [4.69, 9.17) is 15.2 Å². The molecule has 0 saturated heterocycles. The van der Waals surface area contributed by atoms with Crippen molar-refractivity contribution in [2.75, 3.05) is 39.3 Å². The van der Waals surface area contributed by atoms with Crippen molar-refractivity contribution in [2.24, 2.45) is 11.7 Å². The maximum absolute atomic E-state index is 13.1. The zero-order chi connectivity index (χ0) is 27.1. The Kier molecular flexibility index (Phi) is 13.8. The number of nitrogens with one attached hydrogen (secondary N) is 4. The summed E-state index contributed by atoms with van der Waals surface area (Å²) in [6.45, 7) is 6.05. The smallest absolute Gasteiger partial charge is 0.312 e. The Morgan fingerprint density at radius 2 is 1.58 bits per heavy atom. The van der Waals surface area contributed by atoms with Gasteiger partial charge in [0.1, 0.15) is 12.1 Å². The third-order valence-electron chi connectivity index (χ3n) is 5.12. The zero-order valence-corrected chi connectivity index (χ0v) is 21.7. The van der Waals surface area contributed by atoms with Crippen LogP contribution in [0.5, 0.6) is 0 Å². The molecule has 11 heteroatoms. The maximum atomic E-state index is 13.1. The number of primary amides is 1. The van der Waals surface area contributed by atoms with Gasteiger partial charge >= 0.3 is 6.03 Å². The number of ether oxygens (including phenoxy) is 2. The molecule has 0 saturated carbocycles. The van der Waals surface area contributed by atoms with E-state index in [9.17, 15) is 19.2 Å². The summed E-state index contributed by atoms with van der Waals surface area (Å²) in [5.74, 6) is -1.41. The average Bonchev–Trinajstić information content (AvgIpc) is 2.80. The third-order valence-corrected chi connectivity index (χ3v) is 5.12. The lowest BCUT2D eigenvalue weighted by atomic mass is 10.0. The van der Waals surface area contributed by atoms with Gasteiger partial charge in [-0.05, 0) is 42.0 Å².